The van der Waals surface area contributed by atoms with E-state index in [-0.39, 0.29) is 11.5 Å². The van der Waals surface area contributed by atoms with Gasteiger partial charge in [-0.2, -0.15) is 5.10 Å². The van der Waals surface area contributed by atoms with Crippen LogP contribution in [0.2, 0.25) is 0 Å². The first kappa shape index (κ1) is 17.4. The number of fused-ring (bicyclic) bond motifs is 1. The van der Waals surface area contributed by atoms with Crippen LogP contribution in [-0.2, 0) is 17.6 Å². The van der Waals surface area contributed by atoms with Crippen LogP contribution in [0.25, 0.3) is 0 Å². The minimum atomic E-state index is -0.502. The number of aryl methyl sites for hydroxylation is 1. The average molecular weight is 353 g/mol. The Morgan fingerprint density at radius 3 is 2.69 bits per heavy atom. The zero-order chi connectivity index (χ0) is 18.5. The van der Waals surface area contributed by atoms with Gasteiger partial charge in [0.15, 0.2) is 5.69 Å². The van der Waals surface area contributed by atoms with Crippen molar-refractivity contribution < 1.29 is 14.4 Å². The molecule has 0 fully saturated rings. The standard InChI is InChI=1S/C18H19N5O3/c1-2-15(24)19-12-7-5-6-11(10-12)17(25)22-23-18(26)16-13-8-3-4-9-14(13)20-21-16/h2,5-7,10H,1,3-4,8-9H2,(H,19,24)(H,20,21)(H,22,25)(H,23,26). The molecule has 0 unspecified atom stereocenters. The third-order valence-electron chi connectivity index (χ3n) is 4.14. The van der Waals surface area contributed by atoms with Crippen molar-refractivity contribution in [1.82, 2.24) is 21.0 Å². The quantitative estimate of drug-likeness (QED) is 0.492. The highest BCUT2D eigenvalue weighted by Gasteiger charge is 2.22. The number of aromatic nitrogens is 2. The van der Waals surface area contributed by atoms with E-state index in [0.29, 0.717) is 11.4 Å². The smallest absolute Gasteiger partial charge is 0.290 e. The molecule has 0 bridgehead atoms. The fraction of sp³-hybridized carbons (Fsp3) is 0.222. The van der Waals surface area contributed by atoms with Crippen LogP contribution in [0.3, 0.4) is 0 Å². The van der Waals surface area contributed by atoms with Crippen LogP contribution in [0.4, 0.5) is 5.69 Å². The number of nitrogens with one attached hydrogen (secondary N) is 4. The topological polar surface area (TPSA) is 116 Å². The highest BCUT2D eigenvalue weighted by atomic mass is 16.2. The van der Waals surface area contributed by atoms with Crippen LogP contribution in [0.1, 0.15) is 44.9 Å². The van der Waals surface area contributed by atoms with Crippen molar-refractivity contribution in [2.75, 3.05) is 5.32 Å². The predicted molar refractivity (Wildman–Crippen MR) is 95.4 cm³/mol. The SMILES string of the molecule is C=CC(=O)Nc1cccc(C(=O)NNC(=O)c2n[nH]c3c2CCCC3)c1. The number of hydrogen-bond donors (Lipinski definition) is 4. The molecule has 4 N–H and O–H groups in total. The Kier molecular flexibility index (Phi) is 5.12. The highest BCUT2D eigenvalue weighted by molar-refractivity contribution is 6.02. The molecule has 1 aromatic heterocycles. The zero-order valence-electron chi connectivity index (χ0n) is 14.1. The van der Waals surface area contributed by atoms with Crippen LogP contribution >= 0.6 is 0 Å². The number of nitrogens with zero attached hydrogens (tertiary/aromatic N) is 1. The van der Waals surface area contributed by atoms with E-state index in [2.05, 4.69) is 32.9 Å². The molecule has 3 amide bonds. The van der Waals surface area contributed by atoms with Crippen molar-refractivity contribution in [3.63, 3.8) is 0 Å². The molecule has 1 aliphatic carbocycles. The minimum absolute atomic E-state index is 0.288. The van der Waals surface area contributed by atoms with Gasteiger partial charge in [0.25, 0.3) is 11.8 Å². The minimum Gasteiger partial charge on any atom is -0.323 e. The Bertz CT molecular complexity index is 871. The van der Waals surface area contributed by atoms with Crippen LogP contribution in [0, 0.1) is 0 Å². The summed E-state index contributed by atoms with van der Waals surface area (Å²) in [4.78, 5) is 35.8. The lowest BCUT2D eigenvalue weighted by atomic mass is 9.96. The van der Waals surface area contributed by atoms with Gasteiger partial charge < -0.3 is 5.32 Å². The van der Waals surface area contributed by atoms with E-state index in [0.717, 1.165) is 43.0 Å². The van der Waals surface area contributed by atoms with Gasteiger partial charge in [-0.1, -0.05) is 12.6 Å². The van der Waals surface area contributed by atoms with Crippen LogP contribution in [0.15, 0.2) is 36.9 Å². The number of carbonyl (C=O) groups is 3. The van der Waals surface area contributed by atoms with Gasteiger partial charge in [0.2, 0.25) is 5.91 Å². The number of rotatable bonds is 4. The molecule has 1 aromatic carbocycles. The van der Waals surface area contributed by atoms with E-state index in [1.807, 2.05) is 0 Å². The Hall–Kier alpha value is -3.42. The van der Waals surface area contributed by atoms with Gasteiger partial charge in [-0.25, -0.2) is 0 Å². The van der Waals surface area contributed by atoms with Gasteiger partial charge in [0.1, 0.15) is 0 Å². The number of anilines is 1. The normalized spacial score (nSPS) is 12.6. The number of H-pyrrole nitrogens is 1. The molecule has 0 saturated heterocycles. The van der Waals surface area contributed by atoms with Gasteiger partial charge in [-0.3, -0.25) is 30.3 Å². The van der Waals surface area contributed by atoms with Crippen molar-refractivity contribution in [3.8, 4) is 0 Å². The average Bonchev–Trinajstić information content (AvgIpc) is 3.10. The molecular weight excluding hydrogens is 334 g/mol. The lowest BCUT2D eigenvalue weighted by Crippen LogP contribution is -2.42. The van der Waals surface area contributed by atoms with Crippen LogP contribution in [0.5, 0.6) is 0 Å². The van der Waals surface area contributed by atoms with E-state index in [1.54, 1.807) is 18.2 Å². The molecule has 0 spiro atoms. The van der Waals surface area contributed by atoms with Crippen molar-refractivity contribution in [2.45, 2.75) is 25.7 Å². The number of hydrogen-bond acceptors (Lipinski definition) is 4. The van der Waals surface area contributed by atoms with E-state index in [1.165, 1.54) is 6.07 Å². The van der Waals surface area contributed by atoms with Gasteiger partial charge in [0.05, 0.1) is 0 Å². The molecule has 1 aliphatic rings. The molecule has 134 valence electrons. The van der Waals surface area contributed by atoms with Crippen molar-refractivity contribution >= 4 is 23.4 Å². The zero-order valence-corrected chi connectivity index (χ0v) is 14.1. The van der Waals surface area contributed by atoms with Gasteiger partial charge in [-0.15, -0.1) is 0 Å². The molecule has 26 heavy (non-hydrogen) atoms. The Morgan fingerprint density at radius 1 is 1.12 bits per heavy atom. The van der Waals surface area contributed by atoms with E-state index < -0.39 is 11.8 Å². The van der Waals surface area contributed by atoms with Crippen LogP contribution in [-0.4, -0.2) is 27.9 Å². The van der Waals surface area contributed by atoms with Crippen molar-refractivity contribution in [3.05, 3.63) is 59.4 Å². The summed E-state index contributed by atoms with van der Waals surface area (Å²) < 4.78 is 0. The molecule has 0 atom stereocenters. The summed E-state index contributed by atoms with van der Waals surface area (Å²) in [7, 11) is 0. The second-order valence-electron chi connectivity index (χ2n) is 5.92. The monoisotopic (exact) mass is 353 g/mol. The van der Waals surface area contributed by atoms with Gasteiger partial charge in [0, 0.05) is 22.5 Å². The summed E-state index contributed by atoms with van der Waals surface area (Å²) in [5, 5.41) is 9.51. The Labute approximate surface area is 150 Å². The summed E-state index contributed by atoms with van der Waals surface area (Å²) >= 11 is 0. The van der Waals surface area contributed by atoms with E-state index >= 15 is 0 Å². The molecule has 8 nitrogen and oxygen atoms in total. The fourth-order valence-corrected chi connectivity index (χ4v) is 2.85. The lowest BCUT2D eigenvalue weighted by molar-refractivity contribution is -0.111. The number of benzene rings is 1. The number of hydrazine groups is 1. The molecular formula is C18H19N5O3. The summed E-state index contributed by atoms with van der Waals surface area (Å²) in [6.45, 7) is 3.37. The molecule has 0 aliphatic heterocycles. The maximum Gasteiger partial charge on any atom is 0.290 e. The second kappa shape index (κ2) is 7.64. The van der Waals surface area contributed by atoms with Gasteiger partial charge in [-0.05, 0) is 50.0 Å². The van der Waals surface area contributed by atoms with Crippen molar-refractivity contribution in [2.24, 2.45) is 0 Å². The first-order chi connectivity index (χ1) is 12.6. The largest absolute Gasteiger partial charge is 0.323 e. The summed E-state index contributed by atoms with van der Waals surface area (Å²) in [6, 6.07) is 6.34. The molecule has 1 heterocycles. The maximum atomic E-state index is 12.3. The fourth-order valence-electron chi connectivity index (χ4n) is 2.85. The third-order valence-corrected chi connectivity index (χ3v) is 4.14. The van der Waals surface area contributed by atoms with E-state index in [9.17, 15) is 14.4 Å². The highest BCUT2D eigenvalue weighted by Crippen LogP contribution is 2.21. The molecule has 3 rings (SSSR count). The number of amides is 3. The number of aromatic amines is 1. The number of carbonyl (C=O) groups excluding carboxylic acids is 3. The Morgan fingerprint density at radius 2 is 1.88 bits per heavy atom. The predicted octanol–water partition coefficient (Wildman–Crippen LogP) is 1.49. The maximum absolute atomic E-state index is 12.3. The molecule has 0 saturated carbocycles. The molecule has 2 aromatic rings. The summed E-state index contributed by atoms with van der Waals surface area (Å²) in [5.74, 6) is -1.34. The van der Waals surface area contributed by atoms with Crippen molar-refractivity contribution in [1.29, 1.82) is 0 Å². The van der Waals surface area contributed by atoms with Crippen LogP contribution < -0.4 is 16.2 Å². The Balaban J connectivity index is 1.63. The molecule has 0 radical (unpaired) electrons. The first-order valence-electron chi connectivity index (χ1n) is 8.28. The van der Waals surface area contributed by atoms with E-state index in [4.69, 9.17) is 0 Å². The van der Waals surface area contributed by atoms with Gasteiger partial charge >= 0.3 is 0 Å². The molecule has 8 heteroatoms. The first-order valence-corrected chi connectivity index (χ1v) is 8.28. The summed E-state index contributed by atoms with van der Waals surface area (Å²) in [5.41, 5.74) is 7.70. The second-order valence-corrected chi connectivity index (χ2v) is 5.92. The summed E-state index contributed by atoms with van der Waals surface area (Å²) in [6.07, 6.45) is 4.91. The lowest BCUT2D eigenvalue weighted by Gasteiger charge is -2.11. The third kappa shape index (κ3) is 3.80.